The van der Waals surface area contributed by atoms with Gasteiger partial charge < -0.3 is 4.74 Å². The second-order valence-electron chi connectivity index (χ2n) is 6.27. The predicted octanol–water partition coefficient (Wildman–Crippen LogP) is 4.48. The van der Waals surface area contributed by atoms with Crippen LogP contribution in [0.5, 0.6) is 5.75 Å². The zero-order chi connectivity index (χ0) is 18.8. The Bertz CT molecular complexity index is 1090. The summed E-state index contributed by atoms with van der Waals surface area (Å²) in [7, 11) is 0. The first-order valence-corrected chi connectivity index (χ1v) is 8.92. The molecule has 2 heterocycles. The quantitative estimate of drug-likeness (QED) is 0.669. The van der Waals surface area contributed by atoms with Gasteiger partial charge in [0.15, 0.2) is 0 Å². The van der Waals surface area contributed by atoms with Gasteiger partial charge in [0.2, 0.25) is 0 Å². The van der Waals surface area contributed by atoms with Gasteiger partial charge in [-0.05, 0) is 31.2 Å². The zero-order valence-corrected chi connectivity index (χ0v) is 15.3. The third-order valence-electron chi connectivity index (χ3n) is 4.48. The van der Waals surface area contributed by atoms with Crippen LogP contribution >= 0.6 is 11.6 Å². The van der Waals surface area contributed by atoms with Gasteiger partial charge >= 0.3 is 0 Å². The first-order chi connectivity index (χ1) is 13.2. The molecule has 27 heavy (non-hydrogen) atoms. The Kier molecular flexibility index (Phi) is 4.61. The molecule has 0 N–H and O–H groups in total. The highest BCUT2D eigenvalue weighted by atomic mass is 35.5. The molecule has 4 rings (SSSR count). The van der Waals surface area contributed by atoms with E-state index in [1.807, 2.05) is 49.5 Å². The van der Waals surface area contributed by atoms with E-state index >= 15 is 0 Å². The average Bonchev–Trinajstić information content (AvgIpc) is 3.18. The molecule has 1 aliphatic rings. The van der Waals surface area contributed by atoms with E-state index < -0.39 is 0 Å². The van der Waals surface area contributed by atoms with E-state index in [1.54, 1.807) is 17.0 Å². The highest BCUT2D eigenvalue weighted by molar-refractivity contribution is 6.30. The van der Waals surface area contributed by atoms with Crippen LogP contribution in [0.15, 0.2) is 65.5 Å². The van der Waals surface area contributed by atoms with E-state index in [1.165, 1.54) is 0 Å². The Labute approximate surface area is 161 Å². The number of pyridine rings is 1. The van der Waals surface area contributed by atoms with E-state index in [2.05, 4.69) is 21.4 Å². The van der Waals surface area contributed by atoms with Crippen molar-refractivity contribution in [3.8, 4) is 11.8 Å². The second-order valence-corrected chi connectivity index (χ2v) is 6.73. The number of fused-ring (bicyclic) bond motifs is 1. The SMILES string of the molecule is CC(Oc1ccnc2ccccc12)c1cn(C2C=CC(C#N)=C(Cl)C2)nn1. The minimum Gasteiger partial charge on any atom is -0.484 e. The lowest BCUT2D eigenvalue weighted by Gasteiger charge is -2.16. The summed E-state index contributed by atoms with van der Waals surface area (Å²) in [5.74, 6) is 0.754. The van der Waals surface area contributed by atoms with Crippen molar-refractivity contribution >= 4 is 22.5 Å². The van der Waals surface area contributed by atoms with Gasteiger partial charge in [-0.1, -0.05) is 35.0 Å². The number of para-hydroxylation sites is 1. The van der Waals surface area contributed by atoms with Crippen LogP contribution in [0.3, 0.4) is 0 Å². The Hall–Kier alpha value is -3.17. The minimum atomic E-state index is -0.280. The molecule has 7 heteroatoms. The second kappa shape index (κ2) is 7.22. The van der Waals surface area contributed by atoms with Crippen LogP contribution in [0.2, 0.25) is 0 Å². The minimum absolute atomic E-state index is 0.0650. The van der Waals surface area contributed by atoms with Crippen LogP contribution in [0.4, 0.5) is 0 Å². The largest absolute Gasteiger partial charge is 0.484 e. The van der Waals surface area contributed by atoms with Gasteiger partial charge in [0, 0.05) is 23.0 Å². The summed E-state index contributed by atoms with van der Waals surface area (Å²) in [6.45, 7) is 1.93. The van der Waals surface area contributed by atoms with Gasteiger partial charge in [0.25, 0.3) is 0 Å². The highest BCUT2D eigenvalue weighted by Crippen LogP contribution is 2.31. The molecule has 2 unspecified atom stereocenters. The molecule has 6 nitrogen and oxygen atoms in total. The molecule has 0 saturated heterocycles. The Morgan fingerprint density at radius 3 is 3.00 bits per heavy atom. The number of halogens is 1. The molecule has 0 amide bonds. The average molecular weight is 378 g/mol. The van der Waals surface area contributed by atoms with Crippen molar-refractivity contribution in [3.05, 3.63) is 71.2 Å². The Balaban J connectivity index is 1.53. The van der Waals surface area contributed by atoms with Gasteiger partial charge in [-0.25, -0.2) is 4.68 Å². The molecule has 0 radical (unpaired) electrons. The lowest BCUT2D eigenvalue weighted by molar-refractivity contribution is 0.224. The summed E-state index contributed by atoms with van der Waals surface area (Å²) in [5.41, 5.74) is 2.10. The van der Waals surface area contributed by atoms with Gasteiger partial charge in [0.1, 0.15) is 23.6 Å². The van der Waals surface area contributed by atoms with Gasteiger partial charge in [-0.2, -0.15) is 5.26 Å². The molecular weight excluding hydrogens is 362 g/mol. The molecule has 0 fully saturated rings. The maximum Gasteiger partial charge on any atom is 0.141 e. The van der Waals surface area contributed by atoms with Crippen molar-refractivity contribution in [1.29, 1.82) is 5.26 Å². The Morgan fingerprint density at radius 2 is 2.19 bits per heavy atom. The van der Waals surface area contributed by atoms with Crippen LogP contribution in [0.25, 0.3) is 10.9 Å². The summed E-state index contributed by atoms with van der Waals surface area (Å²) >= 11 is 6.17. The smallest absolute Gasteiger partial charge is 0.141 e. The third kappa shape index (κ3) is 3.42. The number of rotatable bonds is 4. The predicted molar refractivity (Wildman–Crippen MR) is 102 cm³/mol. The van der Waals surface area contributed by atoms with Crippen molar-refractivity contribution in [2.24, 2.45) is 0 Å². The first-order valence-electron chi connectivity index (χ1n) is 8.55. The van der Waals surface area contributed by atoms with Crippen molar-refractivity contribution in [2.45, 2.75) is 25.5 Å². The molecule has 3 aromatic rings. The molecule has 2 atom stereocenters. The summed E-state index contributed by atoms with van der Waals surface area (Å²) in [5, 5.41) is 19.0. The number of hydrogen-bond acceptors (Lipinski definition) is 5. The molecule has 134 valence electrons. The maximum absolute atomic E-state index is 9.01. The molecule has 0 bridgehead atoms. The monoisotopic (exact) mass is 377 g/mol. The topological polar surface area (TPSA) is 76.6 Å². The molecule has 0 spiro atoms. The summed E-state index contributed by atoms with van der Waals surface area (Å²) < 4.78 is 7.86. The van der Waals surface area contributed by atoms with Gasteiger partial charge in [-0.15, -0.1) is 5.10 Å². The fourth-order valence-electron chi connectivity index (χ4n) is 3.00. The van der Waals surface area contributed by atoms with Crippen molar-refractivity contribution in [2.75, 3.05) is 0 Å². The lowest BCUT2D eigenvalue weighted by Crippen LogP contribution is -2.10. The van der Waals surface area contributed by atoms with Crippen molar-refractivity contribution in [3.63, 3.8) is 0 Å². The van der Waals surface area contributed by atoms with Crippen LogP contribution in [-0.4, -0.2) is 20.0 Å². The molecule has 0 saturated carbocycles. The number of aromatic nitrogens is 4. The standard InChI is InChI=1S/C20H16ClN5O/c1-13(27-20-8-9-23-18-5-3-2-4-16(18)20)19-12-26(25-24-19)15-7-6-14(11-22)17(21)10-15/h2-9,12-13,15H,10H2,1H3. The highest BCUT2D eigenvalue weighted by Gasteiger charge is 2.20. The number of nitriles is 1. The number of allylic oxidation sites excluding steroid dienone is 4. The molecule has 1 aromatic carbocycles. The fourth-order valence-corrected chi connectivity index (χ4v) is 3.26. The summed E-state index contributed by atoms with van der Waals surface area (Å²) in [4.78, 5) is 4.35. The normalized spacial score (nSPS) is 17.7. The number of benzene rings is 1. The van der Waals surface area contributed by atoms with E-state index in [0.29, 0.717) is 17.0 Å². The summed E-state index contributed by atoms with van der Waals surface area (Å²) in [6, 6.07) is 11.7. The van der Waals surface area contributed by atoms with E-state index in [9.17, 15) is 0 Å². The van der Waals surface area contributed by atoms with Crippen LogP contribution in [0.1, 0.15) is 31.2 Å². The number of ether oxygens (including phenoxy) is 1. The molecule has 2 aromatic heterocycles. The van der Waals surface area contributed by atoms with Crippen molar-refractivity contribution in [1.82, 2.24) is 20.0 Å². The Morgan fingerprint density at radius 1 is 1.33 bits per heavy atom. The number of hydrogen-bond donors (Lipinski definition) is 0. The molecule has 0 aliphatic heterocycles. The third-order valence-corrected chi connectivity index (χ3v) is 4.84. The van der Waals surface area contributed by atoms with Gasteiger partial charge in [0.05, 0.1) is 23.3 Å². The lowest BCUT2D eigenvalue weighted by atomic mass is 10.0. The summed E-state index contributed by atoms with van der Waals surface area (Å²) in [6.07, 6.45) is 7.46. The van der Waals surface area contributed by atoms with Gasteiger partial charge in [-0.3, -0.25) is 4.98 Å². The van der Waals surface area contributed by atoms with Crippen LogP contribution < -0.4 is 4.74 Å². The van der Waals surface area contributed by atoms with Crippen molar-refractivity contribution < 1.29 is 4.74 Å². The molecular formula is C20H16ClN5O. The number of nitrogens with zero attached hydrogens (tertiary/aromatic N) is 5. The van der Waals surface area contributed by atoms with E-state index in [-0.39, 0.29) is 12.1 Å². The molecule has 1 aliphatic carbocycles. The van der Waals surface area contributed by atoms with Crippen LogP contribution in [-0.2, 0) is 0 Å². The van der Waals surface area contributed by atoms with E-state index in [0.717, 1.165) is 22.3 Å². The maximum atomic E-state index is 9.01. The zero-order valence-electron chi connectivity index (χ0n) is 14.6. The first kappa shape index (κ1) is 17.3. The fraction of sp³-hybridized carbons (Fsp3) is 0.200. The van der Waals surface area contributed by atoms with E-state index in [4.69, 9.17) is 21.6 Å². The van der Waals surface area contributed by atoms with Crippen LogP contribution in [0, 0.1) is 11.3 Å².